The van der Waals surface area contributed by atoms with Crippen molar-refractivity contribution in [2.75, 3.05) is 18.6 Å². The second-order valence-electron chi connectivity index (χ2n) is 5.16. The highest BCUT2D eigenvalue weighted by molar-refractivity contribution is 5.91. The van der Waals surface area contributed by atoms with Crippen LogP contribution in [0, 0.1) is 6.92 Å². The van der Waals surface area contributed by atoms with Crippen LogP contribution in [0.5, 0.6) is 0 Å². The number of hydrogen-bond donors (Lipinski definition) is 0. The molecule has 1 aromatic carbocycles. The predicted molar refractivity (Wildman–Crippen MR) is 87.8 cm³/mol. The Balaban J connectivity index is 2.39. The van der Waals surface area contributed by atoms with E-state index in [9.17, 15) is 4.79 Å². The lowest BCUT2D eigenvalue weighted by atomic mass is 10.0. The number of allylic oxidation sites excluding steroid dienone is 3. The Morgan fingerprint density at radius 1 is 1.41 bits per heavy atom. The summed E-state index contributed by atoms with van der Waals surface area (Å²) in [5, 5.41) is 0. The molecule has 22 heavy (non-hydrogen) atoms. The molecule has 0 aliphatic carbocycles. The van der Waals surface area contributed by atoms with Crippen LogP contribution in [0.2, 0.25) is 0 Å². The fourth-order valence-electron chi connectivity index (χ4n) is 2.34. The van der Waals surface area contributed by atoms with E-state index in [2.05, 4.69) is 6.58 Å². The molecule has 4 nitrogen and oxygen atoms in total. The Labute approximate surface area is 131 Å². The number of ether oxygens (including phenoxy) is 2. The lowest BCUT2D eigenvalue weighted by Crippen LogP contribution is -2.34. The number of hydrogen-bond acceptors (Lipinski definition) is 3. The summed E-state index contributed by atoms with van der Waals surface area (Å²) in [6.07, 6.45) is 5.13. The molecule has 1 aliphatic rings. The molecule has 0 spiro atoms. The molecule has 1 amide bonds. The van der Waals surface area contributed by atoms with Crippen LogP contribution >= 0.6 is 0 Å². The van der Waals surface area contributed by atoms with Gasteiger partial charge in [0.1, 0.15) is 6.61 Å². The highest BCUT2D eigenvalue weighted by atomic mass is 16.6. The summed E-state index contributed by atoms with van der Waals surface area (Å²) < 4.78 is 10.5. The van der Waals surface area contributed by atoms with Crippen LogP contribution in [0.1, 0.15) is 12.5 Å². The van der Waals surface area contributed by atoms with Gasteiger partial charge in [-0.25, -0.2) is 4.79 Å². The number of aryl methyl sites for hydroxylation is 1. The largest absolute Gasteiger partial charge is 0.501 e. The lowest BCUT2D eigenvalue weighted by Gasteiger charge is -2.23. The van der Waals surface area contributed by atoms with Gasteiger partial charge in [0.25, 0.3) is 0 Å². The van der Waals surface area contributed by atoms with E-state index in [0.717, 1.165) is 22.6 Å². The van der Waals surface area contributed by atoms with Crippen LogP contribution in [0.4, 0.5) is 10.5 Å². The number of methoxy groups -OCH3 is 1. The van der Waals surface area contributed by atoms with Gasteiger partial charge < -0.3 is 9.47 Å². The molecule has 1 heterocycles. The third-order valence-corrected chi connectivity index (χ3v) is 3.57. The SMILES string of the molecule is C=C/C=C(\C=C(/C)OC)C1COC(=O)N1c1ccc(C)cc1. The van der Waals surface area contributed by atoms with Gasteiger partial charge in [-0.15, -0.1) is 0 Å². The maximum Gasteiger partial charge on any atom is 0.415 e. The summed E-state index contributed by atoms with van der Waals surface area (Å²) in [4.78, 5) is 13.8. The van der Waals surface area contributed by atoms with E-state index in [-0.39, 0.29) is 12.1 Å². The Bertz CT molecular complexity index is 614. The second-order valence-corrected chi connectivity index (χ2v) is 5.16. The first-order chi connectivity index (χ1) is 10.6. The minimum atomic E-state index is -0.340. The van der Waals surface area contributed by atoms with Crippen molar-refractivity contribution < 1.29 is 14.3 Å². The molecule has 0 bridgehead atoms. The van der Waals surface area contributed by atoms with E-state index in [4.69, 9.17) is 9.47 Å². The number of benzene rings is 1. The third-order valence-electron chi connectivity index (χ3n) is 3.57. The van der Waals surface area contributed by atoms with Crippen molar-refractivity contribution in [1.29, 1.82) is 0 Å². The van der Waals surface area contributed by atoms with Crippen LogP contribution in [-0.4, -0.2) is 25.9 Å². The van der Waals surface area contributed by atoms with Crippen molar-refractivity contribution in [3.63, 3.8) is 0 Å². The van der Waals surface area contributed by atoms with Crippen molar-refractivity contribution in [3.8, 4) is 0 Å². The molecule has 1 aromatic rings. The number of cyclic esters (lactones) is 1. The quantitative estimate of drug-likeness (QED) is 0.609. The number of carbonyl (C=O) groups is 1. The minimum Gasteiger partial charge on any atom is -0.501 e. The summed E-state index contributed by atoms with van der Waals surface area (Å²) in [5.74, 6) is 0.760. The molecular formula is C18H21NO3. The van der Waals surface area contributed by atoms with Crippen LogP contribution in [-0.2, 0) is 9.47 Å². The van der Waals surface area contributed by atoms with Crippen molar-refractivity contribution >= 4 is 11.8 Å². The zero-order valence-electron chi connectivity index (χ0n) is 13.2. The molecule has 0 aromatic heterocycles. The van der Waals surface area contributed by atoms with Crippen LogP contribution in [0.15, 0.2) is 60.4 Å². The zero-order chi connectivity index (χ0) is 16.1. The van der Waals surface area contributed by atoms with Crippen LogP contribution in [0.3, 0.4) is 0 Å². The van der Waals surface area contributed by atoms with Crippen LogP contribution in [0.25, 0.3) is 0 Å². The summed E-state index contributed by atoms with van der Waals surface area (Å²) >= 11 is 0. The normalized spacial score (nSPS) is 19.1. The molecule has 1 fully saturated rings. The highest BCUT2D eigenvalue weighted by Gasteiger charge is 2.35. The Morgan fingerprint density at radius 3 is 2.68 bits per heavy atom. The van der Waals surface area contributed by atoms with Gasteiger partial charge in [-0.3, -0.25) is 4.90 Å². The average molecular weight is 299 g/mol. The zero-order valence-corrected chi connectivity index (χ0v) is 13.2. The van der Waals surface area contributed by atoms with Crippen molar-refractivity contribution in [2.24, 2.45) is 0 Å². The molecule has 4 heteroatoms. The molecule has 0 radical (unpaired) electrons. The standard InChI is InChI=1S/C18H21NO3/c1-5-6-15(11-14(3)21-4)17-12-22-18(20)19(17)16-9-7-13(2)8-10-16/h5-11,17H,1,12H2,2-4H3/b14-11+,15-6+. The minimum absolute atomic E-state index is 0.196. The van der Waals surface area contributed by atoms with E-state index in [0.29, 0.717) is 6.61 Å². The average Bonchev–Trinajstić information content (AvgIpc) is 2.89. The molecular weight excluding hydrogens is 278 g/mol. The number of carbonyl (C=O) groups excluding carboxylic acids is 1. The van der Waals surface area contributed by atoms with E-state index in [1.807, 2.05) is 50.3 Å². The first kappa shape index (κ1) is 15.9. The summed E-state index contributed by atoms with van der Waals surface area (Å²) in [6.45, 7) is 7.93. The van der Waals surface area contributed by atoms with Gasteiger partial charge in [0.2, 0.25) is 0 Å². The first-order valence-corrected chi connectivity index (χ1v) is 7.14. The van der Waals surface area contributed by atoms with E-state index in [1.54, 1.807) is 18.1 Å². The highest BCUT2D eigenvalue weighted by Crippen LogP contribution is 2.28. The monoisotopic (exact) mass is 299 g/mol. The Morgan fingerprint density at radius 2 is 2.09 bits per heavy atom. The Hall–Kier alpha value is -2.49. The fourth-order valence-corrected chi connectivity index (χ4v) is 2.34. The summed E-state index contributed by atoms with van der Waals surface area (Å²) in [6, 6.07) is 7.61. The maximum absolute atomic E-state index is 12.1. The van der Waals surface area contributed by atoms with E-state index >= 15 is 0 Å². The van der Waals surface area contributed by atoms with Gasteiger partial charge in [-0.05, 0) is 37.6 Å². The van der Waals surface area contributed by atoms with E-state index < -0.39 is 0 Å². The summed E-state index contributed by atoms with van der Waals surface area (Å²) in [5.41, 5.74) is 2.88. The number of anilines is 1. The molecule has 1 atom stereocenters. The van der Waals surface area contributed by atoms with Gasteiger partial charge in [0, 0.05) is 5.69 Å². The smallest absolute Gasteiger partial charge is 0.415 e. The summed E-state index contributed by atoms with van der Waals surface area (Å²) in [7, 11) is 1.62. The van der Waals surface area contributed by atoms with Gasteiger partial charge in [-0.1, -0.05) is 36.4 Å². The van der Waals surface area contributed by atoms with Gasteiger partial charge in [0.05, 0.1) is 18.9 Å². The molecule has 0 N–H and O–H groups in total. The van der Waals surface area contributed by atoms with Crippen molar-refractivity contribution in [1.82, 2.24) is 0 Å². The second kappa shape index (κ2) is 6.98. The number of amides is 1. The maximum atomic E-state index is 12.1. The third kappa shape index (κ3) is 3.39. The van der Waals surface area contributed by atoms with Crippen molar-refractivity contribution in [3.05, 3.63) is 66.0 Å². The van der Waals surface area contributed by atoms with Gasteiger partial charge in [-0.2, -0.15) is 0 Å². The molecule has 116 valence electrons. The fraction of sp³-hybridized carbons (Fsp3) is 0.278. The van der Waals surface area contributed by atoms with Crippen molar-refractivity contribution in [2.45, 2.75) is 19.9 Å². The molecule has 1 saturated heterocycles. The molecule has 2 rings (SSSR count). The lowest BCUT2D eigenvalue weighted by molar-refractivity contribution is 0.179. The van der Waals surface area contributed by atoms with Crippen LogP contribution < -0.4 is 4.90 Å². The molecule has 1 aliphatic heterocycles. The Kier molecular flexibility index (Phi) is 5.04. The van der Waals surface area contributed by atoms with Gasteiger partial charge >= 0.3 is 6.09 Å². The topological polar surface area (TPSA) is 38.8 Å². The van der Waals surface area contributed by atoms with E-state index in [1.165, 1.54) is 0 Å². The first-order valence-electron chi connectivity index (χ1n) is 7.14. The molecule has 1 unspecified atom stereocenters. The van der Waals surface area contributed by atoms with Gasteiger partial charge in [0.15, 0.2) is 0 Å². The molecule has 0 saturated carbocycles. The number of nitrogens with zero attached hydrogens (tertiary/aromatic N) is 1. The number of rotatable bonds is 5. The predicted octanol–water partition coefficient (Wildman–Crippen LogP) is 3.98.